The van der Waals surface area contributed by atoms with Gasteiger partial charge in [0, 0.05) is 18.2 Å². The Morgan fingerprint density at radius 2 is 2.00 bits per heavy atom. The summed E-state index contributed by atoms with van der Waals surface area (Å²) >= 11 is 0. The van der Waals surface area contributed by atoms with Crippen LogP contribution in [0.1, 0.15) is 33.3 Å². The predicted molar refractivity (Wildman–Crippen MR) is 72.8 cm³/mol. The van der Waals surface area contributed by atoms with Gasteiger partial charge in [-0.1, -0.05) is 13.8 Å². The second-order valence-electron chi connectivity index (χ2n) is 4.92. The number of nitrogens with zero attached hydrogens (tertiary/aromatic N) is 1. The van der Waals surface area contributed by atoms with Crippen molar-refractivity contribution in [2.45, 2.75) is 46.4 Å². The molecule has 1 aromatic rings. The Kier molecular flexibility index (Phi) is 6.73. The average molecular weight is 270 g/mol. The summed E-state index contributed by atoms with van der Waals surface area (Å²) in [5.74, 6) is 0.105. The number of halogens is 1. The maximum atomic E-state index is 13.2. The van der Waals surface area contributed by atoms with Crippen molar-refractivity contribution in [1.29, 1.82) is 0 Å². The molecule has 0 amide bonds. The molecule has 108 valence electrons. The lowest BCUT2D eigenvalue weighted by molar-refractivity contribution is 0.0539. The Bertz CT molecular complexity index is 384. The lowest BCUT2D eigenvalue weighted by Crippen LogP contribution is -2.23. The third kappa shape index (κ3) is 6.50. The second kappa shape index (κ2) is 8.07. The first-order chi connectivity index (χ1) is 8.99. The predicted octanol–water partition coefficient (Wildman–Crippen LogP) is 2.52. The van der Waals surface area contributed by atoms with Crippen molar-refractivity contribution >= 4 is 0 Å². The van der Waals surface area contributed by atoms with E-state index in [-0.39, 0.29) is 11.9 Å². The zero-order chi connectivity index (χ0) is 14.3. The van der Waals surface area contributed by atoms with Gasteiger partial charge in [0.25, 0.3) is 0 Å². The van der Waals surface area contributed by atoms with Crippen LogP contribution in [0.5, 0.6) is 5.88 Å². The Balaban J connectivity index is 2.55. The van der Waals surface area contributed by atoms with Crippen LogP contribution in [0.3, 0.4) is 0 Å². The molecule has 5 heteroatoms. The summed E-state index contributed by atoms with van der Waals surface area (Å²) in [5, 5.41) is 3.22. The molecule has 1 aromatic heterocycles. The van der Waals surface area contributed by atoms with Crippen LogP contribution < -0.4 is 10.1 Å². The largest absolute Gasteiger partial charge is 0.475 e. The van der Waals surface area contributed by atoms with Crippen LogP contribution in [-0.4, -0.2) is 30.3 Å². The summed E-state index contributed by atoms with van der Waals surface area (Å²) in [6.07, 6.45) is 1.34. The van der Waals surface area contributed by atoms with E-state index in [4.69, 9.17) is 9.47 Å². The fraction of sp³-hybridized carbons (Fsp3) is 0.643. The summed E-state index contributed by atoms with van der Waals surface area (Å²) < 4.78 is 24.1. The Labute approximate surface area is 114 Å². The van der Waals surface area contributed by atoms with Gasteiger partial charge in [0.15, 0.2) is 0 Å². The van der Waals surface area contributed by atoms with Gasteiger partial charge in [0.05, 0.1) is 18.9 Å². The number of pyridine rings is 1. The summed E-state index contributed by atoms with van der Waals surface area (Å²) in [6.45, 7) is 9.43. The van der Waals surface area contributed by atoms with Crippen molar-refractivity contribution in [3.05, 3.63) is 23.6 Å². The number of rotatable bonds is 8. The summed E-state index contributed by atoms with van der Waals surface area (Å²) in [5.41, 5.74) is 0.721. The van der Waals surface area contributed by atoms with Gasteiger partial charge in [-0.3, -0.25) is 0 Å². The van der Waals surface area contributed by atoms with Gasteiger partial charge in [-0.05, 0) is 19.9 Å². The van der Waals surface area contributed by atoms with Crippen molar-refractivity contribution in [3.63, 3.8) is 0 Å². The maximum Gasteiger partial charge on any atom is 0.218 e. The highest BCUT2D eigenvalue weighted by molar-refractivity contribution is 5.26. The molecule has 0 atom stereocenters. The van der Waals surface area contributed by atoms with E-state index in [1.54, 1.807) is 0 Å². The topological polar surface area (TPSA) is 43.4 Å². The van der Waals surface area contributed by atoms with E-state index in [0.29, 0.717) is 31.7 Å². The molecular formula is C14H23FN2O2. The maximum absolute atomic E-state index is 13.2. The molecule has 1 heterocycles. The summed E-state index contributed by atoms with van der Waals surface area (Å²) in [4.78, 5) is 3.98. The Hall–Kier alpha value is -1.20. The molecule has 0 unspecified atom stereocenters. The van der Waals surface area contributed by atoms with Crippen molar-refractivity contribution in [2.24, 2.45) is 0 Å². The number of hydrogen-bond donors (Lipinski definition) is 1. The zero-order valence-electron chi connectivity index (χ0n) is 12.1. The molecule has 0 fully saturated rings. The molecule has 1 N–H and O–H groups in total. The van der Waals surface area contributed by atoms with Crippen LogP contribution in [0.15, 0.2) is 12.3 Å². The molecule has 0 aliphatic carbocycles. The molecule has 0 aliphatic rings. The first-order valence-corrected chi connectivity index (χ1v) is 6.61. The average Bonchev–Trinajstić information content (AvgIpc) is 2.33. The van der Waals surface area contributed by atoms with Crippen molar-refractivity contribution < 1.29 is 13.9 Å². The van der Waals surface area contributed by atoms with E-state index in [9.17, 15) is 4.39 Å². The standard InChI is InChI=1S/C14H23FN2O2/c1-10(2)16-8-12-7-13(15)9-17-14(12)19-6-5-18-11(3)4/h7,9-11,16H,5-6,8H2,1-4H3. The molecule has 1 rings (SSSR count). The van der Waals surface area contributed by atoms with Gasteiger partial charge >= 0.3 is 0 Å². The van der Waals surface area contributed by atoms with E-state index >= 15 is 0 Å². The van der Waals surface area contributed by atoms with E-state index in [0.717, 1.165) is 11.8 Å². The molecule has 0 radical (unpaired) electrons. The minimum atomic E-state index is -0.355. The van der Waals surface area contributed by atoms with Crippen LogP contribution >= 0.6 is 0 Å². The third-order valence-electron chi connectivity index (χ3n) is 2.37. The van der Waals surface area contributed by atoms with E-state index in [1.165, 1.54) is 6.07 Å². The zero-order valence-corrected chi connectivity index (χ0v) is 12.1. The first-order valence-electron chi connectivity index (χ1n) is 6.61. The quantitative estimate of drug-likeness (QED) is 0.737. The molecule has 0 saturated heterocycles. The van der Waals surface area contributed by atoms with Gasteiger partial charge in [-0.2, -0.15) is 0 Å². The summed E-state index contributed by atoms with van der Waals surface area (Å²) in [6, 6.07) is 1.77. The lowest BCUT2D eigenvalue weighted by Gasteiger charge is -2.13. The Morgan fingerprint density at radius 3 is 2.63 bits per heavy atom. The number of hydrogen-bond acceptors (Lipinski definition) is 4. The molecule has 4 nitrogen and oxygen atoms in total. The Morgan fingerprint density at radius 1 is 1.26 bits per heavy atom. The third-order valence-corrected chi connectivity index (χ3v) is 2.37. The molecule has 0 aromatic carbocycles. The van der Waals surface area contributed by atoms with Gasteiger partial charge in [-0.15, -0.1) is 0 Å². The normalized spacial score (nSPS) is 11.3. The van der Waals surface area contributed by atoms with Crippen LogP contribution in [0, 0.1) is 5.82 Å². The molecule has 0 saturated carbocycles. The second-order valence-corrected chi connectivity index (χ2v) is 4.92. The number of ether oxygens (including phenoxy) is 2. The SMILES string of the molecule is CC(C)NCc1cc(F)cnc1OCCOC(C)C. The number of aromatic nitrogens is 1. The van der Waals surface area contributed by atoms with Crippen LogP contribution in [0.2, 0.25) is 0 Å². The fourth-order valence-corrected chi connectivity index (χ4v) is 1.46. The minimum absolute atomic E-state index is 0.173. The highest BCUT2D eigenvalue weighted by Crippen LogP contribution is 2.16. The fourth-order valence-electron chi connectivity index (χ4n) is 1.46. The van der Waals surface area contributed by atoms with Crippen molar-refractivity contribution in [2.75, 3.05) is 13.2 Å². The van der Waals surface area contributed by atoms with Gasteiger partial charge in [0.1, 0.15) is 12.4 Å². The highest BCUT2D eigenvalue weighted by atomic mass is 19.1. The minimum Gasteiger partial charge on any atom is -0.475 e. The van der Waals surface area contributed by atoms with E-state index in [2.05, 4.69) is 10.3 Å². The van der Waals surface area contributed by atoms with E-state index < -0.39 is 0 Å². The molecule has 19 heavy (non-hydrogen) atoms. The van der Waals surface area contributed by atoms with Crippen LogP contribution in [0.25, 0.3) is 0 Å². The van der Waals surface area contributed by atoms with Crippen LogP contribution in [0.4, 0.5) is 4.39 Å². The van der Waals surface area contributed by atoms with Gasteiger partial charge in [0.2, 0.25) is 5.88 Å². The van der Waals surface area contributed by atoms with Crippen LogP contribution in [-0.2, 0) is 11.3 Å². The van der Waals surface area contributed by atoms with Crippen molar-refractivity contribution in [1.82, 2.24) is 10.3 Å². The van der Waals surface area contributed by atoms with Gasteiger partial charge in [-0.25, -0.2) is 9.37 Å². The van der Waals surface area contributed by atoms with Gasteiger partial charge < -0.3 is 14.8 Å². The van der Waals surface area contributed by atoms with Crippen molar-refractivity contribution in [3.8, 4) is 5.88 Å². The molecule has 0 aliphatic heterocycles. The number of nitrogens with one attached hydrogen (secondary N) is 1. The molecular weight excluding hydrogens is 247 g/mol. The lowest BCUT2D eigenvalue weighted by atomic mass is 10.2. The molecule has 0 bridgehead atoms. The van der Waals surface area contributed by atoms with E-state index in [1.807, 2.05) is 27.7 Å². The summed E-state index contributed by atoms with van der Waals surface area (Å²) in [7, 11) is 0. The smallest absolute Gasteiger partial charge is 0.218 e. The highest BCUT2D eigenvalue weighted by Gasteiger charge is 2.08. The first kappa shape index (κ1) is 15.9. The molecule has 0 spiro atoms. The monoisotopic (exact) mass is 270 g/mol.